The zero-order chi connectivity index (χ0) is 25.2. The molecule has 0 aromatic heterocycles. The molecule has 0 radical (unpaired) electrons. The van der Waals surface area contributed by atoms with Gasteiger partial charge in [0.15, 0.2) is 0 Å². The molecule has 0 saturated heterocycles. The van der Waals surface area contributed by atoms with Crippen molar-refractivity contribution in [2.24, 2.45) is 5.10 Å². The average Bonchev–Trinajstić information content (AvgIpc) is 3.35. The molecule has 2 aromatic rings. The lowest BCUT2D eigenvalue weighted by Gasteiger charge is -2.27. The molecule has 3 amide bonds. The minimum Gasteiger partial charge on any atom is -0.497 e. The van der Waals surface area contributed by atoms with Gasteiger partial charge in [0.05, 0.1) is 32.6 Å². The molecule has 9 heteroatoms. The number of hydrazone groups is 1. The topological polar surface area (TPSA) is 92.7 Å². The fourth-order valence-electron chi connectivity index (χ4n) is 3.92. The Morgan fingerprint density at radius 3 is 2.49 bits per heavy atom. The number of hydrogen-bond acceptors (Lipinski definition) is 6. The number of para-hydroxylation sites is 1. The zero-order valence-corrected chi connectivity index (χ0v) is 20.8. The summed E-state index contributed by atoms with van der Waals surface area (Å²) in [5.74, 6) is 1.14. The third kappa shape index (κ3) is 6.51. The predicted octanol–water partition coefficient (Wildman–Crippen LogP) is 3.45. The smallest absolute Gasteiger partial charge is 0.317 e. The Morgan fingerprint density at radius 2 is 1.83 bits per heavy atom. The quantitative estimate of drug-likeness (QED) is 0.530. The van der Waals surface area contributed by atoms with E-state index in [1.54, 1.807) is 21.3 Å². The number of nitrogens with zero attached hydrogens (tertiary/aromatic N) is 3. The largest absolute Gasteiger partial charge is 0.497 e. The van der Waals surface area contributed by atoms with Crippen LogP contribution >= 0.6 is 0 Å². The molecule has 0 saturated carbocycles. The number of ether oxygens (including phenoxy) is 3. The highest BCUT2D eigenvalue weighted by molar-refractivity contribution is 6.03. The lowest BCUT2D eigenvalue weighted by Crippen LogP contribution is -2.47. The van der Waals surface area contributed by atoms with Crippen molar-refractivity contribution in [1.82, 2.24) is 15.2 Å². The van der Waals surface area contributed by atoms with Gasteiger partial charge in [-0.1, -0.05) is 25.1 Å². The van der Waals surface area contributed by atoms with E-state index in [1.807, 2.05) is 55.5 Å². The van der Waals surface area contributed by atoms with E-state index < -0.39 is 0 Å². The van der Waals surface area contributed by atoms with E-state index in [9.17, 15) is 9.59 Å². The van der Waals surface area contributed by atoms with Gasteiger partial charge in [0, 0.05) is 32.2 Å². The molecule has 1 aliphatic heterocycles. The summed E-state index contributed by atoms with van der Waals surface area (Å²) in [6.07, 6.45) is 1.31. The molecule has 0 unspecified atom stereocenters. The first kappa shape index (κ1) is 26.0. The van der Waals surface area contributed by atoms with Gasteiger partial charge >= 0.3 is 6.03 Å². The Morgan fingerprint density at radius 1 is 1.09 bits per heavy atom. The Kier molecular flexibility index (Phi) is 9.48. The highest BCUT2D eigenvalue weighted by atomic mass is 16.5. The van der Waals surface area contributed by atoms with Crippen molar-refractivity contribution < 1.29 is 23.8 Å². The van der Waals surface area contributed by atoms with Crippen LogP contribution in [-0.2, 0) is 9.53 Å². The SMILES string of the molecule is CCCNC(=O)N(CCOC)CC(=O)N1N=C(c2ccc(OC)cc2)C[C@H]1c1ccccc1OC. The van der Waals surface area contributed by atoms with Crippen LogP contribution in [0.5, 0.6) is 11.5 Å². The fraction of sp³-hybridized carbons (Fsp3) is 0.423. The maximum atomic E-state index is 13.6. The monoisotopic (exact) mass is 482 g/mol. The number of rotatable bonds is 11. The second kappa shape index (κ2) is 12.8. The van der Waals surface area contributed by atoms with Gasteiger partial charge in [-0.25, -0.2) is 9.80 Å². The van der Waals surface area contributed by atoms with Crippen LogP contribution < -0.4 is 14.8 Å². The van der Waals surface area contributed by atoms with E-state index in [1.165, 1.54) is 9.91 Å². The Balaban J connectivity index is 1.91. The van der Waals surface area contributed by atoms with Crippen molar-refractivity contribution in [3.05, 3.63) is 59.7 Å². The molecule has 1 N–H and O–H groups in total. The number of carbonyl (C=O) groups is 2. The predicted molar refractivity (Wildman–Crippen MR) is 134 cm³/mol. The number of urea groups is 1. The van der Waals surface area contributed by atoms with E-state index in [2.05, 4.69) is 5.32 Å². The molecule has 0 bridgehead atoms. The number of carbonyl (C=O) groups excluding carboxylic acids is 2. The van der Waals surface area contributed by atoms with Crippen molar-refractivity contribution in [1.29, 1.82) is 0 Å². The van der Waals surface area contributed by atoms with Crippen LogP contribution in [0.15, 0.2) is 53.6 Å². The van der Waals surface area contributed by atoms with Gasteiger partial charge in [-0.3, -0.25) is 4.79 Å². The maximum absolute atomic E-state index is 13.6. The molecular weight excluding hydrogens is 448 g/mol. The van der Waals surface area contributed by atoms with Crippen molar-refractivity contribution in [3.63, 3.8) is 0 Å². The normalized spacial score (nSPS) is 14.9. The average molecular weight is 483 g/mol. The van der Waals surface area contributed by atoms with E-state index in [-0.39, 0.29) is 24.5 Å². The molecular formula is C26H34N4O5. The molecule has 1 atom stereocenters. The first-order chi connectivity index (χ1) is 17.0. The van der Waals surface area contributed by atoms with Crippen LogP contribution in [0.2, 0.25) is 0 Å². The van der Waals surface area contributed by atoms with Gasteiger partial charge in [0.1, 0.15) is 18.0 Å². The van der Waals surface area contributed by atoms with Gasteiger partial charge in [-0.15, -0.1) is 0 Å². The lowest BCUT2D eigenvalue weighted by atomic mass is 9.97. The zero-order valence-electron chi connectivity index (χ0n) is 20.8. The summed E-state index contributed by atoms with van der Waals surface area (Å²) >= 11 is 0. The molecule has 9 nitrogen and oxygen atoms in total. The Labute approximate surface area is 206 Å². The molecule has 0 fully saturated rings. The summed E-state index contributed by atoms with van der Waals surface area (Å²) in [4.78, 5) is 27.7. The van der Waals surface area contributed by atoms with Crippen molar-refractivity contribution in [2.45, 2.75) is 25.8 Å². The van der Waals surface area contributed by atoms with Gasteiger partial charge in [0.25, 0.3) is 5.91 Å². The number of nitrogens with one attached hydrogen (secondary N) is 1. The maximum Gasteiger partial charge on any atom is 0.317 e. The fourth-order valence-corrected chi connectivity index (χ4v) is 3.92. The van der Waals surface area contributed by atoms with Gasteiger partial charge in [-0.05, 0) is 42.3 Å². The van der Waals surface area contributed by atoms with Crippen LogP contribution in [0.1, 0.15) is 36.9 Å². The lowest BCUT2D eigenvalue weighted by molar-refractivity contribution is -0.133. The van der Waals surface area contributed by atoms with Crippen LogP contribution in [0.4, 0.5) is 4.79 Å². The summed E-state index contributed by atoms with van der Waals surface area (Å²) < 4.78 is 16.0. The second-order valence-electron chi connectivity index (χ2n) is 8.12. The third-order valence-electron chi connectivity index (χ3n) is 5.79. The third-order valence-corrected chi connectivity index (χ3v) is 5.79. The first-order valence-corrected chi connectivity index (χ1v) is 11.7. The molecule has 0 spiro atoms. The van der Waals surface area contributed by atoms with E-state index in [0.717, 1.165) is 29.0 Å². The van der Waals surface area contributed by atoms with Gasteiger partial charge in [-0.2, -0.15) is 5.10 Å². The van der Waals surface area contributed by atoms with Crippen molar-refractivity contribution in [2.75, 3.05) is 47.6 Å². The van der Waals surface area contributed by atoms with Gasteiger partial charge in [0.2, 0.25) is 0 Å². The number of methoxy groups -OCH3 is 3. The minimum absolute atomic E-state index is 0.121. The summed E-state index contributed by atoms with van der Waals surface area (Å²) in [6.45, 7) is 3.00. The van der Waals surface area contributed by atoms with Crippen LogP contribution in [0.3, 0.4) is 0 Å². The van der Waals surface area contributed by atoms with E-state index >= 15 is 0 Å². The van der Waals surface area contributed by atoms with Crippen LogP contribution in [0, 0.1) is 0 Å². The highest BCUT2D eigenvalue weighted by Gasteiger charge is 2.35. The molecule has 0 aliphatic carbocycles. The first-order valence-electron chi connectivity index (χ1n) is 11.7. The number of hydrogen-bond donors (Lipinski definition) is 1. The summed E-state index contributed by atoms with van der Waals surface area (Å²) in [5, 5.41) is 9.03. The van der Waals surface area contributed by atoms with Gasteiger partial charge < -0.3 is 24.4 Å². The molecule has 1 heterocycles. The minimum atomic E-state index is -0.362. The van der Waals surface area contributed by atoms with Crippen molar-refractivity contribution >= 4 is 17.6 Å². The standard InChI is InChI=1S/C26H34N4O5/c1-5-14-27-26(32)29(15-16-33-2)18-25(31)30-23(21-8-6-7-9-24(21)35-4)17-22(28-30)19-10-12-20(34-3)13-11-19/h6-13,23H,5,14-18H2,1-4H3,(H,27,32)/t23-/m0/s1. The Hall–Kier alpha value is -3.59. The molecule has 2 aromatic carbocycles. The number of amides is 3. The molecule has 1 aliphatic rings. The van der Waals surface area contributed by atoms with Crippen LogP contribution in [0.25, 0.3) is 0 Å². The Bertz CT molecular complexity index is 1020. The van der Waals surface area contributed by atoms with E-state index in [0.29, 0.717) is 31.9 Å². The summed E-state index contributed by atoms with van der Waals surface area (Å²) in [6, 6.07) is 14.5. The van der Waals surface area contributed by atoms with E-state index in [4.69, 9.17) is 19.3 Å². The number of benzene rings is 2. The highest BCUT2D eigenvalue weighted by Crippen LogP contribution is 2.37. The van der Waals surface area contributed by atoms with Crippen molar-refractivity contribution in [3.8, 4) is 11.5 Å². The molecule has 188 valence electrons. The summed E-state index contributed by atoms with van der Waals surface area (Å²) in [7, 11) is 4.79. The molecule has 3 rings (SSSR count). The second-order valence-corrected chi connectivity index (χ2v) is 8.12. The van der Waals surface area contributed by atoms with Crippen LogP contribution in [-0.4, -0.2) is 75.1 Å². The summed E-state index contributed by atoms with van der Waals surface area (Å²) in [5.41, 5.74) is 2.53. The molecule has 35 heavy (non-hydrogen) atoms.